The van der Waals surface area contributed by atoms with Crippen LogP contribution in [-0.4, -0.2) is 19.0 Å². The highest BCUT2D eigenvalue weighted by molar-refractivity contribution is 9.12. The first kappa shape index (κ1) is 16.9. The summed E-state index contributed by atoms with van der Waals surface area (Å²) in [6, 6.07) is 9.55. The van der Waals surface area contributed by atoms with Gasteiger partial charge in [-0.05, 0) is 52.4 Å². The van der Waals surface area contributed by atoms with Gasteiger partial charge in [-0.1, -0.05) is 30.3 Å². The monoisotopic (exact) mass is 405 g/mol. The number of carbonyl (C=O) groups excluding carboxylic acids is 2. The zero-order valence-electron chi connectivity index (χ0n) is 13.1. The van der Waals surface area contributed by atoms with Gasteiger partial charge in [-0.2, -0.15) is 0 Å². The summed E-state index contributed by atoms with van der Waals surface area (Å²) in [5.41, 5.74) is 2.44. The number of methoxy groups -OCH3 is 1. The Balaban J connectivity index is 1.85. The normalized spacial score (nSPS) is 13.5. The minimum atomic E-state index is -0.395. The summed E-state index contributed by atoms with van der Waals surface area (Å²) < 4.78 is 5.29. The molecule has 124 valence electrons. The molecular weight excluding hydrogens is 390 g/mol. The van der Waals surface area contributed by atoms with Crippen molar-refractivity contribution in [1.82, 2.24) is 0 Å². The van der Waals surface area contributed by atoms with Crippen LogP contribution in [0.5, 0.6) is 0 Å². The number of hydrogen-bond donors (Lipinski definition) is 1. The first-order chi connectivity index (χ1) is 11.6. The zero-order valence-corrected chi connectivity index (χ0v) is 15.5. The number of fused-ring (bicyclic) bond motifs is 1. The lowest BCUT2D eigenvalue weighted by Crippen LogP contribution is -2.14. The van der Waals surface area contributed by atoms with Crippen LogP contribution in [-0.2, 0) is 22.4 Å². The fourth-order valence-electron chi connectivity index (χ4n) is 2.73. The molecule has 1 heterocycles. The van der Waals surface area contributed by atoms with Gasteiger partial charge >= 0.3 is 5.97 Å². The first-order valence-electron chi connectivity index (χ1n) is 7.56. The molecule has 1 aliphatic rings. The number of amides is 1. The minimum Gasteiger partial charge on any atom is -0.465 e. The molecule has 1 N–H and O–H groups in total. The number of carbonyl (C=O) groups is 2. The molecule has 1 aliphatic carbocycles. The van der Waals surface area contributed by atoms with Gasteiger partial charge in [-0.3, -0.25) is 4.79 Å². The fourth-order valence-corrected chi connectivity index (χ4v) is 4.37. The molecule has 0 bridgehead atoms. The molecule has 0 aliphatic heterocycles. The van der Waals surface area contributed by atoms with Crippen molar-refractivity contribution in [1.29, 1.82) is 0 Å². The number of esters is 1. The van der Waals surface area contributed by atoms with E-state index < -0.39 is 5.97 Å². The number of aryl methyl sites for hydroxylation is 1. The van der Waals surface area contributed by atoms with Gasteiger partial charge in [0.05, 0.1) is 17.2 Å². The molecule has 0 atom stereocenters. The molecule has 0 saturated carbocycles. The van der Waals surface area contributed by atoms with Crippen molar-refractivity contribution in [3.8, 4) is 0 Å². The SMILES string of the molecule is COC(=O)c1c(NC(=O)/C(Br)=C/c2ccccc2)sc2c1CCC2. The number of halogens is 1. The Morgan fingerprint density at radius 3 is 2.71 bits per heavy atom. The van der Waals surface area contributed by atoms with E-state index in [1.165, 1.54) is 18.4 Å². The van der Waals surface area contributed by atoms with Crippen LogP contribution < -0.4 is 5.32 Å². The molecular formula is C18H16BrNO3S. The summed E-state index contributed by atoms with van der Waals surface area (Å²) in [6.07, 6.45) is 4.58. The molecule has 1 aromatic heterocycles. The topological polar surface area (TPSA) is 55.4 Å². The predicted octanol–water partition coefficient (Wildman–Crippen LogP) is 4.40. The summed E-state index contributed by atoms with van der Waals surface area (Å²) in [7, 11) is 1.36. The maximum atomic E-state index is 12.4. The number of hydrogen-bond acceptors (Lipinski definition) is 4. The Bertz CT molecular complexity index is 811. The number of thiophene rings is 1. The molecule has 0 saturated heterocycles. The third-order valence-corrected chi connectivity index (χ3v) is 5.64. The number of ether oxygens (including phenoxy) is 1. The van der Waals surface area contributed by atoms with E-state index in [-0.39, 0.29) is 5.91 Å². The highest BCUT2D eigenvalue weighted by Crippen LogP contribution is 2.39. The van der Waals surface area contributed by atoms with Crippen LogP contribution in [0.15, 0.2) is 34.8 Å². The second kappa shape index (κ2) is 7.32. The Hall–Kier alpha value is -1.92. The second-order valence-corrected chi connectivity index (χ2v) is 7.37. The number of nitrogens with one attached hydrogen (secondary N) is 1. The van der Waals surface area contributed by atoms with Crippen LogP contribution in [0.4, 0.5) is 5.00 Å². The summed E-state index contributed by atoms with van der Waals surface area (Å²) >= 11 is 4.77. The number of anilines is 1. The Morgan fingerprint density at radius 1 is 1.25 bits per heavy atom. The van der Waals surface area contributed by atoms with Gasteiger partial charge in [0.1, 0.15) is 5.00 Å². The van der Waals surface area contributed by atoms with Crippen LogP contribution in [0.3, 0.4) is 0 Å². The summed E-state index contributed by atoms with van der Waals surface area (Å²) in [6.45, 7) is 0. The van der Waals surface area contributed by atoms with E-state index in [9.17, 15) is 9.59 Å². The molecule has 6 heteroatoms. The van der Waals surface area contributed by atoms with Gasteiger partial charge < -0.3 is 10.1 Å². The maximum absolute atomic E-state index is 12.4. The van der Waals surface area contributed by atoms with Crippen LogP contribution in [0.2, 0.25) is 0 Å². The smallest absolute Gasteiger partial charge is 0.341 e. The molecule has 0 unspecified atom stereocenters. The van der Waals surface area contributed by atoms with Gasteiger partial charge in [-0.25, -0.2) is 4.79 Å². The summed E-state index contributed by atoms with van der Waals surface area (Å²) in [5.74, 6) is -0.684. The van der Waals surface area contributed by atoms with Crippen LogP contribution in [0.1, 0.15) is 32.8 Å². The van der Waals surface area contributed by atoms with E-state index in [2.05, 4.69) is 21.2 Å². The average molecular weight is 406 g/mol. The quantitative estimate of drug-likeness (QED) is 0.605. The van der Waals surface area contributed by atoms with Crippen molar-refractivity contribution >= 4 is 50.2 Å². The van der Waals surface area contributed by atoms with E-state index >= 15 is 0 Å². The lowest BCUT2D eigenvalue weighted by atomic mass is 10.1. The second-order valence-electron chi connectivity index (χ2n) is 5.41. The minimum absolute atomic E-state index is 0.288. The van der Waals surface area contributed by atoms with Crippen LogP contribution in [0, 0.1) is 0 Å². The average Bonchev–Trinajstić information content (AvgIpc) is 3.15. The molecule has 0 radical (unpaired) electrons. The zero-order chi connectivity index (χ0) is 17.1. The molecule has 1 amide bonds. The highest BCUT2D eigenvalue weighted by atomic mass is 79.9. The van der Waals surface area contributed by atoms with E-state index in [1.807, 2.05) is 30.3 Å². The molecule has 1 aromatic carbocycles. The lowest BCUT2D eigenvalue weighted by molar-refractivity contribution is -0.112. The standard InChI is InChI=1S/C18H16BrNO3S/c1-23-18(22)15-12-8-5-9-14(12)24-17(15)20-16(21)13(19)10-11-6-3-2-4-7-11/h2-4,6-7,10H,5,8-9H2,1H3,(H,20,21)/b13-10-. The molecule has 2 aromatic rings. The maximum Gasteiger partial charge on any atom is 0.341 e. The van der Waals surface area contributed by atoms with Crippen LogP contribution in [0.25, 0.3) is 6.08 Å². The molecule has 24 heavy (non-hydrogen) atoms. The largest absolute Gasteiger partial charge is 0.465 e. The molecule has 3 rings (SSSR count). The summed E-state index contributed by atoms with van der Waals surface area (Å²) in [5, 5.41) is 3.40. The van der Waals surface area contributed by atoms with Crippen LogP contribution >= 0.6 is 27.3 Å². The summed E-state index contributed by atoms with van der Waals surface area (Å²) in [4.78, 5) is 25.7. The Kier molecular flexibility index (Phi) is 5.16. The van der Waals surface area contributed by atoms with Crippen molar-refractivity contribution in [3.05, 3.63) is 56.4 Å². The van der Waals surface area contributed by atoms with Gasteiger partial charge in [0.2, 0.25) is 0 Å². The fraction of sp³-hybridized carbons (Fsp3) is 0.222. The van der Waals surface area contributed by atoms with Crippen molar-refractivity contribution in [3.63, 3.8) is 0 Å². The van der Waals surface area contributed by atoms with Gasteiger partial charge in [0, 0.05) is 4.88 Å². The molecule has 0 fully saturated rings. The predicted molar refractivity (Wildman–Crippen MR) is 99.7 cm³/mol. The van der Waals surface area contributed by atoms with Crippen molar-refractivity contribution in [2.45, 2.75) is 19.3 Å². The number of rotatable bonds is 4. The lowest BCUT2D eigenvalue weighted by Gasteiger charge is -2.06. The molecule has 0 spiro atoms. The third kappa shape index (κ3) is 3.44. The third-order valence-electron chi connectivity index (χ3n) is 3.85. The van der Waals surface area contributed by atoms with Crippen molar-refractivity contribution in [2.24, 2.45) is 0 Å². The van der Waals surface area contributed by atoms with Gasteiger partial charge in [-0.15, -0.1) is 11.3 Å². The van der Waals surface area contributed by atoms with E-state index in [4.69, 9.17) is 4.74 Å². The Labute approximate surface area is 152 Å². The van der Waals surface area contributed by atoms with Crippen molar-refractivity contribution in [2.75, 3.05) is 12.4 Å². The number of benzene rings is 1. The van der Waals surface area contributed by atoms with E-state index in [1.54, 1.807) is 6.08 Å². The highest BCUT2D eigenvalue weighted by Gasteiger charge is 2.28. The van der Waals surface area contributed by atoms with Gasteiger partial charge in [0.25, 0.3) is 5.91 Å². The molecule has 4 nitrogen and oxygen atoms in total. The van der Waals surface area contributed by atoms with E-state index in [0.29, 0.717) is 15.0 Å². The Morgan fingerprint density at radius 2 is 2.00 bits per heavy atom. The van der Waals surface area contributed by atoms with Crippen molar-refractivity contribution < 1.29 is 14.3 Å². The van der Waals surface area contributed by atoms with Gasteiger partial charge in [0.15, 0.2) is 0 Å². The van der Waals surface area contributed by atoms with E-state index in [0.717, 1.165) is 35.3 Å². The first-order valence-corrected chi connectivity index (χ1v) is 9.17.